The molecule has 0 aliphatic carbocycles. The molecule has 3 aromatic carbocycles. The Hall–Kier alpha value is -2.72. The zero-order chi connectivity index (χ0) is 24.9. The van der Waals surface area contributed by atoms with Crippen LogP contribution >= 0.6 is 0 Å². The number of halogens is 3. The van der Waals surface area contributed by atoms with E-state index >= 15 is 0 Å². The van der Waals surface area contributed by atoms with E-state index in [1.165, 1.54) is 10.4 Å². The number of alkyl halides is 3. The van der Waals surface area contributed by atoms with E-state index in [4.69, 9.17) is 4.74 Å². The van der Waals surface area contributed by atoms with Gasteiger partial charge in [-0.15, -0.1) is 0 Å². The molecule has 186 valence electrons. The van der Waals surface area contributed by atoms with Crippen LogP contribution < -0.4 is 0 Å². The van der Waals surface area contributed by atoms with E-state index in [9.17, 15) is 21.6 Å². The van der Waals surface area contributed by atoms with Gasteiger partial charge in [0, 0.05) is 32.7 Å². The van der Waals surface area contributed by atoms with Gasteiger partial charge in [0.2, 0.25) is 10.0 Å². The van der Waals surface area contributed by atoms with Crippen molar-refractivity contribution >= 4 is 10.0 Å². The van der Waals surface area contributed by atoms with Crippen molar-refractivity contribution in [3.63, 3.8) is 0 Å². The molecule has 35 heavy (non-hydrogen) atoms. The monoisotopic (exact) mass is 504 g/mol. The van der Waals surface area contributed by atoms with Gasteiger partial charge in [-0.1, -0.05) is 66.7 Å². The maximum atomic E-state index is 13.0. The van der Waals surface area contributed by atoms with Gasteiger partial charge in [0.25, 0.3) is 0 Å². The molecule has 1 heterocycles. The first-order valence-corrected chi connectivity index (χ1v) is 12.8. The molecule has 1 aliphatic rings. The Balaban J connectivity index is 1.34. The number of hydrogen-bond acceptors (Lipinski definition) is 4. The molecule has 0 unspecified atom stereocenters. The molecule has 0 amide bonds. The van der Waals surface area contributed by atoms with Gasteiger partial charge in [-0.3, -0.25) is 4.90 Å². The smallest absolute Gasteiger partial charge is 0.367 e. The second-order valence-corrected chi connectivity index (χ2v) is 10.3. The highest BCUT2D eigenvalue weighted by Gasteiger charge is 2.34. The lowest BCUT2D eigenvalue weighted by Gasteiger charge is -2.34. The number of sulfonamides is 1. The predicted octanol–water partition coefficient (Wildman–Crippen LogP) is 4.82. The molecule has 5 nitrogen and oxygen atoms in total. The lowest BCUT2D eigenvalue weighted by molar-refractivity contribution is -0.137. The molecule has 3 aromatic rings. The standard InChI is InChI=1S/C26H27F3N2O3S/c27-26(28,29)23-12-7-13-24(20-23)35(32,33)31-16-14-30(15-17-31)18-19-34-25(21-8-3-1-4-9-21)22-10-5-2-6-11-22/h1-13,20,25H,14-19H2. The van der Waals surface area contributed by atoms with Crippen LogP contribution in [0, 0.1) is 0 Å². The summed E-state index contributed by atoms with van der Waals surface area (Å²) in [6, 6.07) is 23.8. The van der Waals surface area contributed by atoms with Crippen molar-refractivity contribution < 1.29 is 26.3 Å². The minimum atomic E-state index is -4.60. The van der Waals surface area contributed by atoms with Crippen LogP contribution in [-0.2, 0) is 20.9 Å². The summed E-state index contributed by atoms with van der Waals surface area (Å²) >= 11 is 0. The minimum Gasteiger partial charge on any atom is -0.367 e. The van der Waals surface area contributed by atoms with E-state index in [-0.39, 0.29) is 24.1 Å². The molecule has 0 spiro atoms. The Kier molecular flexibility index (Phi) is 7.91. The van der Waals surface area contributed by atoms with Crippen molar-refractivity contribution in [3.05, 3.63) is 102 Å². The molecule has 0 radical (unpaired) electrons. The van der Waals surface area contributed by atoms with Crippen LogP contribution in [0.3, 0.4) is 0 Å². The Morgan fingerprint density at radius 3 is 1.91 bits per heavy atom. The lowest BCUT2D eigenvalue weighted by Crippen LogP contribution is -2.49. The van der Waals surface area contributed by atoms with Crippen molar-refractivity contribution in [2.45, 2.75) is 17.2 Å². The molecule has 0 atom stereocenters. The van der Waals surface area contributed by atoms with E-state index in [1.54, 1.807) is 0 Å². The zero-order valence-electron chi connectivity index (χ0n) is 19.1. The van der Waals surface area contributed by atoms with Gasteiger partial charge in [0.1, 0.15) is 6.10 Å². The third-order valence-corrected chi connectivity index (χ3v) is 7.92. The average Bonchev–Trinajstić information content (AvgIpc) is 2.87. The molecule has 0 aromatic heterocycles. The van der Waals surface area contributed by atoms with E-state index in [2.05, 4.69) is 4.90 Å². The highest BCUT2D eigenvalue weighted by atomic mass is 32.2. The van der Waals surface area contributed by atoms with Crippen LogP contribution in [0.5, 0.6) is 0 Å². The maximum absolute atomic E-state index is 13.0. The summed E-state index contributed by atoms with van der Waals surface area (Å²) in [6.07, 6.45) is -4.80. The summed E-state index contributed by atoms with van der Waals surface area (Å²) in [5.41, 5.74) is 1.13. The minimum absolute atomic E-state index is 0.208. The normalized spacial score (nSPS) is 16.0. The highest BCUT2D eigenvalue weighted by molar-refractivity contribution is 7.89. The van der Waals surface area contributed by atoms with Crippen molar-refractivity contribution in [1.82, 2.24) is 9.21 Å². The highest BCUT2D eigenvalue weighted by Crippen LogP contribution is 2.31. The Labute approximate surface area is 203 Å². The number of piperazine rings is 1. The summed E-state index contributed by atoms with van der Waals surface area (Å²) in [5.74, 6) is 0. The first-order valence-electron chi connectivity index (χ1n) is 11.4. The van der Waals surface area contributed by atoms with Gasteiger partial charge in [0.15, 0.2) is 0 Å². The summed E-state index contributed by atoms with van der Waals surface area (Å²) in [5, 5.41) is 0. The molecule has 0 saturated carbocycles. The molecule has 1 fully saturated rings. The van der Waals surface area contributed by atoms with Crippen molar-refractivity contribution in [3.8, 4) is 0 Å². The van der Waals surface area contributed by atoms with Crippen molar-refractivity contribution in [2.24, 2.45) is 0 Å². The van der Waals surface area contributed by atoms with Gasteiger partial charge in [0.05, 0.1) is 17.1 Å². The molecular formula is C26H27F3N2O3S. The van der Waals surface area contributed by atoms with Crippen LogP contribution in [0.25, 0.3) is 0 Å². The lowest BCUT2D eigenvalue weighted by atomic mass is 10.0. The number of benzene rings is 3. The molecule has 0 bridgehead atoms. The number of rotatable bonds is 8. The van der Waals surface area contributed by atoms with Crippen LogP contribution in [-0.4, -0.2) is 57.0 Å². The molecule has 1 saturated heterocycles. The van der Waals surface area contributed by atoms with Crippen LogP contribution in [0.1, 0.15) is 22.8 Å². The zero-order valence-corrected chi connectivity index (χ0v) is 19.9. The summed E-state index contributed by atoms with van der Waals surface area (Å²) in [7, 11) is -4.00. The molecule has 1 aliphatic heterocycles. The van der Waals surface area contributed by atoms with E-state index in [0.29, 0.717) is 32.3 Å². The van der Waals surface area contributed by atoms with Crippen LogP contribution in [0.15, 0.2) is 89.8 Å². The van der Waals surface area contributed by atoms with Gasteiger partial charge < -0.3 is 4.74 Å². The second kappa shape index (κ2) is 10.9. The number of ether oxygens (including phenoxy) is 1. The Bertz CT molecular complexity index is 1160. The fraction of sp³-hybridized carbons (Fsp3) is 0.308. The first kappa shape index (κ1) is 25.4. The van der Waals surface area contributed by atoms with Crippen LogP contribution in [0.4, 0.5) is 13.2 Å². The predicted molar refractivity (Wildman–Crippen MR) is 127 cm³/mol. The maximum Gasteiger partial charge on any atom is 0.416 e. The fourth-order valence-corrected chi connectivity index (χ4v) is 5.58. The second-order valence-electron chi connectivity index (χ2n) is 8.34. The van der Waals surface area contributed by atoms with Crippen LogP contribution in [0.2, 0.25) is 0 Å². The van der Waals surface area contributed by atoms with Crippen molar-refractivity contribution in [1.29, 1.82) is 0 Å². The summed E-state index contributed by atoms with van der Waals surface area (Å²) < 4.78 is 72.3. The quantitative estimate of drug-likeness (QED) is 0.442. The molecule has 9 heteroatoms. The van der Waals surface area contributed by atoms with Gasteiger partial charge >= 0.3 is 6.18 Å². The fourth-order valence-electron chi connectivity index (χ4n) is 4.12. The third kappa shape index (κ3) is 6.29. The number of nitrogens with zero attached hydrogens (tertiary/aromatic N) is 2. The van der Waals surface area contributed by atoms with E-state index in [1.807, 2.05) is 60.7 Å². The number of hydrogen-bond donors (Lipinski definition) is 0. The van der Waals surface area contributed by atoms with E-state index < -0.39 is 21.8 Å². The average molecular weight is 505 g/mol. The molecular weight excluding hydrogens is 477 g/mol. The van der Waals surface area contributed by atoms with Gasteiger partial charge in [-0.25, -0.2) is 8.42 Å². The third-order valence-electron chi connectivity index (χ3n) is 6.03. The SMILES string of the molecule is O=S(=O)(c1cccc(C(F)(F)F)c1)N1CCN(CCOC(c2ccccc2)c2ccccc2)CC1. The summed E-state index contributed by atoms with van der Waals surface area (Å²) in [6.45, 7) is 2.44. The molecule has 4 rings (SSSR count). The largest absolute Gasteiger partial charge is 0.416 e. The Morgan fingerprint density at radius 2 is 1.37 bits per heavy atom. The van der Waals surface area contributed by atoms with E-state index in [0.717, 1.165) is 23.3 Å². The Morgan fingerprint density at radius 1 is 0.800 bits per heavy atom. The van der Waals surface area contributed by atoms with Gasteiger partial charge in [-0.2, -0.15) is 17.5 Å². The van der Waals surface area contributed by atoms with Gasteiger partial charge in [-0.05, 0) is 29.3 Å². The first-order chi connectivity index (χ1) is 16.7. The topological polar surface area (TPSA) is 49.9 Å². The molecule has 0 N–H and O–H groups in total. The summed E-state index contributed by atoms with van der Waals surface area (Å²) in [4.78, 5) is 1.77. The van der Waals surface area contributed by atoms with Crippen molar-refractivity contribution in [2.75, 3.05) is 39.3 Å².